The molecule has 1 atom stereocenters. The number of carbonyl (C=O) groups excluding carboxylic acids is 1. The molecule has 2 N–H and O–H groups in total. The summed E-state index contributed by atoms with van der Waals surface area (Å²) in [6, 6.07) is 0.196. The van der Waals surface area contributed by atoms with Crippen molar-refractivity contribution in [3.63, 3.8) is 0 Å². The van der Waals surface area contributed by atoms with Gasteiger partial charge >= 0.3 is 0 Å². The predicted molar refractivity (Wildman–Crippen MR) is 75.9 cm³/mol. The molecular formula is C11H22ClN3O3S. The fraction of sp³-hybridized carbons (Fsp3) is 0.909. The molecule has 2 aliphatic heterocycles. The quantitative estimate of drug-likeness (QED) is 0.747. The first kappa shape index (κ1) is 16.7. The second kappa shape index (κ2) is 7.42. The Morgan fingerprint density at radius 3 is 2.74 bits per heavy atom. The molecular weight excluding hydrogens is 290 g/mol. The lowest BCUT2D eigenvalue weighted by molar-refractivity contribution is -0.122. The zero-order valence-corrected chi connectivity index (χ0v) is 12.6. The first-order valence-electron chi connectivity index (χ1n) is 6.56. The second-order valence-electron chi connectivity index (χ2n) is 4.93. The van der Waals surface area contributed by atoms with E-state index in [0.29, 0.717) is 19.5 Å². The van der Waals surface area contributed by atoms with E-state index >= 15 is 0 Å². The molecule has 19 heavy (non-hydrogen) atoms. The maximum atomic E-state index is 11.7. The molecule has 8 heteroatoms. The first-order valence-corrected chi connectivity index (χ1v) is 8.17. The summed E-state index contributed by atoms with van der Waals surface area (Å²) in [6.07, 6.45) is 3.01. The van der Waals surface area contributed by atoms with Crippen LogP contribution in [0.2, 0.25) is 0 Å². The molecule has 2 heterocycles. The summed E-state index contributed by atoms with van der Waals surface area (Å²) in [7, 11) is -3.07. The van der Waals surface area contributed by atoms with Crippen molar-refractivity contribution < 1.29 is 13.2 Å². The van der Waals surface area contributed by atoms with E-state index in [9.17, 15) is 13.2 Å². The van der Waals surface area contributed by atoms with Gasteiger partial charge in [0.15, 0.2) is 0 Å². The summed E-state index contributed by atoms with van der Waals surface area (Å²) in [5.41, 5.74) is 0. The summed E-state index contributed by atoms with van der Waals surface area (Å²) in [6.45, 7) is 2.70. The summed E-state index contributed by atoms with van der Waals surface area (Å²) in [5, 5.41) is 6.18. The van der Waals surface area contributed by atoms with Gasteiger partial charge in [0, 0.05) is 32.1 Å². The zero-order valence-electron chi connectivity index (χ0n) is 10.9. The number of hydrogen-bond donors (Lipinski definition) is 2. The van der Waals surface area contributed by atoms with E-state index in [-0.39, 0.29) is 36.5 Å². The highest BCUT2D eigenvalue weighted by atomic mass is 35.5. The summed E-state index contributed by atoms with van der Waals surface area (Å²) in [5.74, 6) is 0.173. The van der Waals surface area contributed by atoms with Crippen LogP contribution in [-0.4, -0.2) is 56.6 Å². The molecule has 0 aliphatic carbocycles. The maximum absolute atomic E-state index is 11.7. The largest absolute Gasteiger partial charge is 0.352 e. The van der Waals surface area contributed by atoms with E-state index in [1.807, 2.05) is 0 Å². The number of nitrogens with one attached hydrogen (secondary N) is 2. The number of nitrogens with zero attached hydrogens (tertiary/aromatic N) is 1. The highest BCUT2D eigenvalue weighted by Crippen LogP contribution is 2.13. The van der Waals surface area contributed by atoms with Crippen molar-refractivity contribution in [2.24, 2.45) is 0 Å². The van der Waals surface area contributed by atoms with Gasteiger partial charge in [0.2, 0.25) is 15.9 Å². The van der Waals surface area contributed by atoms with Crippen LogP contribution in [0, 0.1) is 0 Å². The van der Waals surface area contributed by atoms with Crippen molar-refractivity contribution in [1.82, 2.24) is 14.9 Å². The van der Waals surface area contributed by atoms with Crippen molar-refractivity contribution in [1.29, 1.82) is 0 Å². The van der Waals surface area contributed by atoms with Gasteiger partial charge in [-0.2, -0.15) is 0 Å². The molecule has 0 radical (unpaired) electrons. The summed E-state index contributed by atoms with van der Waals surface area (Å²) in [4.78, 5) is 11.7. The summed E-state index contributed by atoms with van der Waals surface area (Å²) >= 11 is 0. The Balaban J connectivity index is 0.00000180. The van der Waals surface area contributed by atoms with Gasteiger partial charge in [-0.15, -0.1) is 12.4 Å². The molecule has 6 nitrogen and oxygen atoms in total. The first-order chi connectivity index (χ1) is 8.58. The van der Waals surface area contributed by atoms with Crippen LogP contribution in [0.3, 0.4) is 0 Å². The van der Waals surface area contributed by atoms with E-state index in [1.54, 1.807) is 0 Å². The minimum absolute atomic E-state index is 0. The molecule has 2 aliphatic rings. The Bertz CT molecular complexity index is 396. The lowest BCUT2D eigenvalue weighted by atomic mass is 10.1. The van der Waals surface area contributed by atoms with Crippen molar-refractivity contribution in [3.05, 3.63) is 0 Å². The molecule has 0 aromatic carbocycles. The van der Waals surface area contributed by atoms with Crippen LogP contribution in [0.1, 0.15) is 25.7 Å². The maximum Gasteiger partial charge on any atom is 0.221 e. The molecule has 2 saturated heterocycles. The van der Waals surface area contributed by atoms with Gasteiger partial charge < -0.3 is 10.6 Å². The average molecular weight is 312 g/mol. The van der Waals surface area contributed by atoms with Crippen molar-refractivity contribution in [2.45, 2.75) is 31.7 Å². The van der Waals surface area contributed by atoms with Crippen LogP contribution < -0.4 is 10.6 Å². The topological polar surface area (TPSA) is 78.5 Å². The van der Waals surface area contributed by atoms with Gasteiger partial charge in [-0.25, -0.2) is 12.7 Å². The Morgan fingerprint density at radius 1 is 1.37 bits per heavy atom. The van der Waals surface area contributed by atoms with Crippen LogP contribution in [0.5, 0.6) is 0 Å². The van der Waals surface area contributed by atoms with Gasteiger partial charge in [0.05, 0.1) is 5.75 Å². The molecule has 2 fully saturated rings. The molecule has 0 saturated carbocycles. The lowest BCUT2D eigenvalue weighted by Gasteiger charge is -2.24. The number of sulfonamides is 1. The number of amides is 1. The molecule has 0 spiro atoms. The Morgan fingerprint density at radius 2 is 2.16 bits per heavy atom. The van der Waals surface area contributed by atoms with Crippen molar-refractivity contribution in [2.75, 3.05) is 31.9 Å². The minimum atomic E-state index is -3.07. The monoisotopic (exact) mass is 311 g/mol. The predicted octanol–water partition coefficient (Wildman–Crippen LogP) is -0.298. The van der Waals surface area contributed by atoms with E-state index in [0.717, 1.165) is 25.9 Å². The Hall–Kier alpha value is -0.370. The summed E-state index contributed by atoms with van der Waals surface area (Å²) < 4.78 is 24.5. The Kier molecular flexibility index (Phi) is 6.52. The fourth-order valence-electron chi connectivity index (χ4n) is 2.44. The molecule has 1 amide bonds. The lowest BCUT2D eigenvalue weighted by Crippen LogP contribution is -2.46. The van der Waals surface area contributed by atoms with Crippen LogP contribution >= 0.6 is 12.4 Å². The Labute approximate surface area is 120 Å². The number of halogens is 1. The van der Waals surface area contributed by atoms with Crippen molar-refractivity contribution in [3.8, 4) is 0 Å². The van der Waals surface area contributed by atoms with Crippen LogP contribution in [0.25, 0.3) is 0 Å². The van der Waals surface area contributed by atoms with E-state index < -0.39 is 10.0 Å². The van der Waals surface area contributed by atoms with Gasteiger partial charge in [0.1, 0.15) is 0 Å². The second-order valence-corrected chi connectivity index (χ2v) is 7.02. The zero-order chi connectivity index (χ0) is 13.0. The number of piperidine rings is 1. The van der Waals surface area contributed by atoms with Crippen molar-refractivity contribution >= 4 is 28.3 Å². The van der Waals surface area contributed by atoms with Gasteiger partial charge in [-0.05, 0) is 25.8 Å². The van der Waals surface area contributed by atoms with Gasteiger partial charge in [-0.3, -0.25) is 4.79 Å². The van der Waals surface area contributed by atoms with Crippen LogP contribution in [-0.2, 0) is 14.8 Å². The molecule has 0 aromatic rings. The number of hydrogen-bond acceptors (Lipinski definition) is 4. The normalized spacial score (nSPS) is 26.6. The molecule has 0 bridgehead atoms. The smallest absolute Gasteiger partial charge is 0.221 e. The standard InChI is InChI=1S/C11H21N3O3S.ClH/c15-11(13-10-3-1-5-12-9-10)4-7-14-6-2-8-18(14,16)17;/h10,12H,1-9H2,(H,13,15);1H/t10-;/m0./s1. The highest BCUT2D eigenvalue weighted by Gasteiger charge is 2.28. The molecule has 112 valence electrons. The number of rotatable bonds is 4. The number of carbonyl (C=O) groups is 1. The SMILES string of the molecule is Cl.O=C(CCN1CCCS1(=O)=O)N[C@H]1CCCNC1. The molecule has 0 aromatic heterocycles. The third kappa shape index (κ3) is 4.91. The van der Waals surface area contributed by atoms with E-state index in [2.05, 4.69) is 10.6 Å². The van der Waals surface area contributed by atoms with Gasteiger partial charge in [-0.1, -0.05) is 0 Å². The molecule has 2 rings (SSSR count). The third-order valence-corrected chi connectivity index (χ3v) is 5.41. The fourth-order valence-corrected chi connectivity index (χ4v) is 3.97. The van der Waals surface area contributed by atoms with Gasteiger partial charge in [0.25, 0.3) is 0 Å². The van der Waals surface area contributed by atoms with Crippen LogP contribution in [0.4, 0.5) is 0 Å². The third-order valence-electron chi connectivity index (χ3n) is 3.45. The average Bonchev–Trinajstić information content (AvgIpc) is 2.67. The van der Waals surface area contributed by atoms with E-state index in [1.165, 1.54) is 4.31 Å². The minimum Gasteiger partial charge on any atom is -0.352 e. The highest BCUT2D eigenvalue weighted by molar-refractivity contribution is 7.89. The van der Waals surface area contributed by atoms with Crippen LogP contribution in [0.15, 0.2) is 0 Å². The van der Waals surface area contributed by atoms with E-state index in [4.69, 9.17) is 0 Å². The molecule has 0 unspecified atom stereocenters.